The molecule has 2 aromatic carbocycles. The number of benzene rings is 2. The molecule has 3 atom stereocenters. The summed E-state index contributed by atoms with van der Waals surface area (Å²) < 4.78 is 21.1. The van der Waals surface area contributed by atoms with Gasteiger partial charge in [-0.3, -0.25) is 14.5 Å². The number of nitrogens with zero attached hydrogens (tertiary/aromatic N) is 1. The molecule has 2 heterocycles. The van der Waals surface area contributed by atoms with Crippen LogP contribution >= 0.6 is 23.2 Å². The van der Waals surface area contributed by atoms with E-state index in [0.29, 0.717) is 22.8 Å². The highest BCUT2D eigenvalue weighted by molar-refractivity contribution is 6.31. The number of amides is 1. The maximum absolute atomic E-state index is 16.1. The highest BCUT2D eigenvalue weighted by atomic mass is 35.5. The van der Waals surface area contributed by atoms with Crippen LogP contribution in [0.3, 0.4) is 0 Å². The summed E-state index contributed by atoms with van der Waals surface area (Å²) >= 11 is 12.8. The van der Waals surface area contributed by atoms with Crippen molar-refractivity contribution in [3.05, 3.63) is 63.4 Å². The Balaban J connectivity index is 1.45. The zero-order valence-corrected chi connectivity index (χ0v) is 25.2. The number of esters is 1. The summed E-state index contributed by atoms with van der Waals surface area (Å²) in [7, 11) is 3.57. The summed E-state index contributed by atoms with van der Waals surface area (Å²) in [6.07, 6.45) is 8.10. The second kappa shape index (κ2) is 11.1. The van der Waals surface area contributed by atoms with Crippen molar-refractivity contribution >= 4 is 40.8 Å². The Morgan fingerprint density at radius 3 is 2.56 bits per heavy atom. The van der Waals surface area contributed by atoms with Gasteiger partial charge in [0.2, 0.25) is 5.91 Å². The van der Waals surface area contributed by atoms with Crippen molar-refractivity contribution in [3.8, 4) is 0 Å². The molecule has 1 unspecified atom stereocenters. The van der Waals surface area contributed by atoms with E-state index in [1.807, 2.05) is 18.2 Å². The Bertz CT molecular complexity index is 1340. The number of anilines is 1. The van der Waals surface area contributed by atoms with E-state index in [1.54, 1.807) is 18.2 Å². The molecule has 2 saturated carbocycles. The molecule has 2 aliphatic heterocycles. The van der Waals surface area contributed by atoms with Gasteiger partial charge in [0.05, 0.1) is 18.1 Å². The normalized spacial score (nSPS) is 30.9. The van der Waals surface area contributed by atoms with Crippen LogP contribution in [0.1, 0.15) is 74.8 Å². The first-order valence-electron chi connectivity index (χ1n) is 14.8. The van der Waals surface area contributed by atoms with Gasteiger partial charge in [-0.05, 0) is 74.9 Å². The van der Waals surface area contributed by atoms with Crippen LogP contribution in [0.4, 0.5) is 10.1 Å². The molecule has 0 bridgehead atoms. The lowest BCUT2D eigenvalue weighted by atomic mass is 9.55. The van der Waals surface area contributed by atoms with Crippen LogP contribution in [0, 0.1) is 11.7 Å². The minimum Gasteiger partial charge on any atom is -0.469 e. The Labute approximate surface area is 251 Å². The second-order valence-electron chi connectivity index (χ2n) is 12.3. The van der Waals surface area contributed by atoms with Crippen molar-refractivity contribution in [1.29, 1.82) is 0 Å². The SMILES string of the molecule is COC(=O)C1CCC(NC[C@H]2C(c3cccc(Cl)c3F)[C@]3(C(=O)Nc4cc(Cl)ccc43)C3(CCCCC3)N2C)CC1. The number of hydrogen-bond donors (Lipinski definition) is 2. The standard InChI is InChI=1S/C32H38Cl2FN3O3/c1-38-26(18-36-21-12-9-19(10-13-21)29(39)41-2)27(22-7-6-8-24(34)28(22)35)32(31(38)15-4-3-5-16-31)23-14-11-20(33)17-25(23)37-30(32)40/h6-8,11,14,17,19,21,26-27,36H,3-5,9-10,12-13,15-16,18H2,1-2H3,(H,37,40)/t19?,21?,26-,27?,32+/m0/s1. The number of ether oxygens (including phenoxy) is 1. The zero-order valence-electron chi connectivity index (χ0n) is 23.7. The third-order valence-electron chi connectivity index (χ3n) is 10.6. The van der Waals surface area contributed by atoms with E-state index in [2.05, 4.69) is 22.6 Å². The Hall–Kier alpha value is -2.19. The van der Waals surface area contributed by atoms with E-state index in [0.717, 1.165) is 63.4 Å². The van der Waals surface area contributed by atoms with Crippen LogP contribution in [0.5, 0.6) is 0 Å². The summed E-state index contributed by atoms with van der Waals surface area (Å²) in [6, 6.07) is 10.8. The van der Waals surface area contributed by atoms with E-state index >= 15 is 4.39 Å². The van der Waals surface area contributed by atoms with Crippen LogP contribution < -0.4 is 10.6 Å². The van der Waals surface area contributed by atoms with Crippen LogP contribution in [-0.2, 0) is 19.7 Å². The van der Waals surface area contributed by atoms with Gasteiger partial charge in [0.25, 0.3) is 0 Å². The highest BCUT2D eigenvalue weighted by Gasteiger charge is 2.73. The Kier molecular flexibility index (Phi) is 7.86. The van der Waals surface area contributed by atoms with E-state index in [1.165, 1.54) is 7.11 Å². The van der Waals surface area contributed by atoms with Gasteiger partial charge < -0.3 is 15.4 Å². The molecular weight excluding hydrogens is 564 g/mol. The van der Waals surface area contributed by atoms with E-state index in [4.69, 9.17) is 27.9 Å². The molecule has 41 heavy (non-hydrogen) atoms. The van der Waals surface area contributed by atoms with Crippen LogP contribution in [-0.4, -0.2) is 55.1 Å². The number of fused-ring (bicyclic) bond motifs is 3. The van der Waals surface area contributed by atoms with Crippen molar-refractivity contribution in [3.63, 3.8) is 0 Å². The Morgan fingerprint density at radius 2 is 1.85 bits per heavy atom. The van der Waals surface area contributed by atoms with Gasteiger partial charge in [0.15, 0.2) is 0 Å². The molecule has 2 spiro atoms. The quantitative estimate of drug-likeness (QED) is 0.386. The van der Waals surface area contributed by atoms with Crippen LogP contribution in [0.15, 0.2) is 36.4 Å². The average molecular weight is 603 g/mol. The lowest BCUT2D eigenvalue weighted by Crippen LogP contribution is -2.60. The van der Waals surface area contributed by atoms with Crippen molar-refractivity contribution in [2.24, 2.45) is 5.92 Å². The van der Waals surface area contributed by atoms with Crippen molar-refractivity contribution < 1.29 is 18.7 Å². The molecule has 0 radical (unpaired) electrons. The predicted molar refractivity (Wildman–Crippen MR) is 159 cm³/mol. The summed E-state index contributed by atoms with van der Waals surface area (Å²) in [4.78, 5) is 29.0. The van der Waals surface area contributed by atoms with Crippen molar-refractivity contribution in [2.75, 3.05) is 26.0 Å². The largest absolute Gasteiger partial charge is 0.469 e. The summed E-state index contributed by atoms with van der Waals surface area (Å²) in [5.41, 5.74) is 0.575. The first-order valence-corrected chi connectivity index (χ1v) is 15.6. The number of nitrogens with one attached hydrogen (secondary N) is 2. The lowest BCUT2D eigenvalue weighted by molar-refractivity contribution is -0.146. The van der Waals surface area contributed by atoms with Gasteiger partial charge in [-0.2, -0.15) is 0 Å². The first kappa shape index (κ1) is 28.9. The van der Waals surface area contributed by atoms with Gasteiger partial charge in [-0.1, -0.05) is 60.7 Å². The monoisotopic (exact) mass is 601 g/mol. The summed E-state index contributed by atoms with van der Waals surface area (Å²) in [5, 5.41) is 7.57. The molecule has 1 saturated heterocycles. The van der Waals surface area contributed by atoms with Crippen LogP contribution in [0.25, 0.3) is 0 Å². The number of carbonyl (C=O) groups excluding carboxylic acids is 2. The molecule has 3 fully saturated rings. The van der Waals surface area contributed by atoms with Crippen molar-refractivity contribution in [2.45, 2.75) is 86.7 Å². The fourth-order valence-electron chi connectivity index (χ4n) is 8.80. The minimum absolute atomic E-state index is 0.0557. The van der Waals surface area contributed by atoms with E-state index in [-0.39, 0.29) is 34.9 Å². The maximum Gasteiger partial charge on any atom is 0.308 e. The van der Waals surface area contributed by atoms with Gasteiger partial charge in [0.1, 0.15) is 11.2 Å². The highest BCUT2D eigenvalue weighted by Crippen LogP contribution is 2.66. The van der Waals surface area contributed by atoms with Gasteiger partial charge >= 0.3 is 5.97 Å². The zero-order chi connectivity index (χ0) is 28.9. The smallest absolute Gasteiger partial charge is 0.308 e. The van der Waals surface area contributed by atoms with Gasteiger partial charge in [-0.25, -0.2) is 4.39 Å². The van der Waals surface area contributed by atoms with Crippen LogP contribution in [0.2, 0.25) is 10.0 Å². The third kappa shape index (κ3) is 4.41. The lowest BCUT2D eigenvalue weighted by Gasteiger charge is -2.50. The maximum atomic E-state index is 16.1. The van der Waals surface area contributed by atoms with Gasteiger partial charge in [-0.15, -0.1) is 0 Å². The fourth-order valence-corrected chi connectivity index (χ4v) is 9.16. The molecular formula is C32H38Cl2FN3O3. The molecule has 9 heteroatoms. The molecule has 0 aromatic heterocycles. The molecule has 6 nitrogen and oxygen atoms in total. The summed E-state index contributed by atoms with van der Waals surface area (Å²) in [6.45, 7) is 0.584. The number of likely N-dealkylation sites (N-methyl/N-ethyl adjacent to an activating group) is 1. The van der Waals surface area contributed by atoms with E-state index < -0.39 is 22.7 Å². The second-order valence-corrected chi connectivity index (χ2v) is 13.2. The third-order valence-corrected chi connectivity index (χ3v) is 11.2. The number of likely N-dealkylation sites (tertiary alicyclic amines) is 1. The molecule has 2 aliphatic carbocycles. The molecule has 1 amide bonds. The average Bonchev–Trinajstić information content (AvgIpc) is 3.38. The topological polar surface area (TPSA) is 70.7 Å². The molecule has 4 aliphatic rings. The number of rotatable bonds is 5. The molecule has 2 aromatic rings. The predicted octanol–water partition coefficient (Wildman–Crippen LogP) is 6.44. The first-order chi connectivity index (χ1) is 19.7. The molecule has 220 valence electrons. The van der Waals surface area contributed by atoms with E-state index in [9.17, 15) is 9.59 Å². The number of hydrogen-bond acceptors (Lipinski definition) is 5. The Morgan fingerprint density at radius 1 is 1.12 bits per heavy atom. The molecule has 6 rings (SSSR count). The summed E-state index contributed by atoms with van der Waals surface area (Å²) in [5.74, 6) is -1.22. The minimum atomic E-state index is -1.01. The fraction of sp³-hybridized carbons (Fsp3) is 0.562. The number of carbonyl (C=O) groups is 2. The number of halogens is 3. The molecule has 2 N–H and O–H groups in total. The number of methoxy groups -OCH3 is 1. The van der Waals surface area contributed by atoms with Gasteiger partial charge in [0, 0.05) is 40.8 Å². The van der Waals surface area contributed by atoms with Crippen molar-refractivity contribution in [1.82, 2.24) is 10.2 Å².